The second-order valence-electron chi connectivity index (χ2n) is 6.42. The molecule has 0 aliphatic carbocycles. The summed E-state index contributed by atoms with van der Waals surface area (Å²) in [7, 11) is 1.74. The largest absolute Gasteiger partial charge is 0.472 e. The van der Waals surface area contributed by atoms with Crippen molar-refractivity contribution < 1.29 is 9.94 Å². The smallest absolute Gasteiger partial charge is 0.250 e. The van der Waals surface area contributed by atoms with Crippen LogP contribution in [0.1, 0.15) is 34.1 Å². The first-order chi connectivity index (χ1) is 10.3. The lowest BCUT2D eigenvalue weighted by atomic mass is 10.1. The first kappa shape index (κ1) is 16.5. The van der Waals surface area contributed by atoms with Crippen LogP contribution in [0.15, 0.2) is 35.1 Å². The third-order valence-corrected chi connectivity index (χ3v) is 3.70. The molecule has 0 aliphatic heterocycles. The van der Waals surface area contributed by atoms with Crippen molar-refractivity contribution in [2.75, 3.05) is 0 Å². The van der Waals surface area contributed by atoms with E-state index in [2.05, 4.69) is 0 Å². The molecule has 1 unspecified atom stereocenters. The summed E-state index contributed by atoms with van der Waals surface area (Å²) in [5, 5.41) is 12.4. The summed E-state index contributed by atoms with van der Waals surface area (Å²) < 4.78 is 7.61. The van der Waals surface area contributed by atoms with E-state index in [0.717, 1.165) is 10.9 Å². The van der Waals surface area contributed by atoms with Gasteiger partial charge in [0.15, 0.2) is 6.23 Å². The Balaban J connectivity index is 2.43. The van der Waals surface area contributed by atoms with Crippen molar-refractivity contribution in [2.24, 2.45) is 7.05 Å². The van der Waals surface area contributed by atoms with Crippen LogP contribution in [0.2, 0.25) is 0 Å². The molecule has 1 aromatic heterocycles. The topological polar surface area (TPSA) is 54.7 Å². The Morgan fingerprint density at radius 1 is 1.27 bits per heavy atom. The minimum atomic E-state index is -0.456. The lowest BCUT2D eigenvalue weighted by Gasteiger charge is -2.35. The molecule has 2 rings (SSSR count). The predicted octanol–water partition coefficient (Wildman–Crippen LogP) is 3.14. The van der Waals surface area contributed by atoms with E-state index in [9.17, 15) is 10.0 Å². The Morgan fingerprint density at radius 2 is 1.95 bits per heavy atom. The van der Waals surface area contributed by atoms with Crippen LogP contribution in [-0.4, -0.2) is 26.6 Å². The number of hydroxylamine groups is 2. The van der Waals surface area contributed by atoms with Crippen molar-refractivity contribution in [2.45, 2.75) is 45.9 Å². The van der Waals surface area contributed by atoms with Crippen LogP contribution < -0.4 is 10.3 Å². The Morgan fingerprint density at radius 3 is 2.55 bits per heavy atom. The highest BCUT2D eigenvalue weighted by atomic mass is 16.6. The quantitative estimate of drug-likeness (QED) is 0.696. The normalized spacial score (nSPS) is 13.6. The summed E-state index contributed by atoms with van der Waals surface area (Å²) in [4.78, 5) is 11.7. The van der Waals surface area contributed by atoms with Gasteiger partial charge in [-0.15, -0.1) is 5.06 Å². The summed E-state index contributed by atoms with van der Waals surface area (Å²) in [5.41, 5.74) is 0.327. The van der Waals surface area contributed by atoms with Gasteiger partial charge in [-0.05, 0) is 45.4 Å². The molecule has 0 saturated carbocycles. The van der Waals surface area contributed by atoms with E-state index >= 15 is 0 Å². The van der Waals surface area contributed by atoms with Crippen molar-refractivity contribution in [3.05, 3.63) is 40.7 Å². The van der Waals surface area contributed by atoms with Gasteiger partial charge in [-0.1, -0.05) is 13.0 Å². The molecular formula is C17H24N2O3. The van der Waals surface area contributed by atoms with Crippen LogP contribution in [0, 0.1) is 0 Å². The van der Waals surface area contributed by atoms with Crippen LogP contribution in [0.25, 0.3) is 10.9 Å². The first-order valence-electron chi connectivity index (χ1n) is 7.49. The average molecular weight is 304 g/mol. The Labute approximate surface area is 130 Å². The molecule has 5 nitrogen and oxygen atoms in total. The third kappa shape index (κ3) is 3.15. The van der Waals surface area contributed by atoms with Gasteiger partial charge in [0, 0.05) is 24.0 Å². The van der Waals surface area contributed by atoms with Gasteiger partial charge in [-0.2, -0.15) is 0 Å². The number of ether oxygens (including phenoxy) is 1. The zero-order chi connectivity index (χ0) is 16.5. The highest BCUT2D eigenvalue weighted by Gasteiger charge is 2.28. The fraction of sp³-hybridized carbons (Fsp3) is 0.471. The van der Waals surface area contributed by atoms with Crippen molar-refractivity contribution in [1.29, 1.82) is 0 Å². The van der Waals surface area contributed by atoms with E-state index in [4.69, 9.17) is 4.74 Å². The van der Waals surface area contributed by atoms with Crippen molar-refractivity contribution in [3.63, 3.8) is 0 Å². The molecule has 0 amide bonds. The molecule has 0 saturated heterocycles. The summed E-state index contributed by atoms with van der Waals surface area (Å²) >= 11 is 0. The molecular weight excluding hydrogens is 280 g/mol. The lowest BCUT2D eigenvalue weighted by Crippen LogP contribution is -2.48. The monoisotopic (exact) mass is 304 g/mol. The molecule has 0 bridgehead atoms. The van der Waals surface area contributed by atoms with Crippen LogP contribution in [0.4, 0.5) is 0 Å². The SMILES string of the molecule is CCC(Oc1cccc2c1ccc(=O)n2C)N(O)C(C)(C)C. The molecule has 5 heteroatoms. The molecule has 120 valence electrons. The van der Waals surface area contributed by atoms with E-state index in [1.165, 1.54) is 11.1 Å². The van der Waals surface area contributed by atoms with Gasteiger partial charge >= 0.3 is 0 Å². The molecule has 0 spiro atoms. The number of aromatic nitrogens is 1. The van der Waals surface area contributed by atoms with Crippen LogP contribution in [0.3, 0.4) is 0 Å². The van der Waals surface area contributed by atoms with E-state index < -0.39 is 11.8 Å². The zero-order valence-electron chi connectivity index (χ0n) is 13.8. The van der Waals surface area contributed by atoms with Gasteiger partial charge in [-0.3, -0.25) is 4.79 Å². The molecule has 1 aromatic carbocycles. The maximum atomic E-state index is 11.7. The number of benzene rings is 1. The van der Waals surface area contributed by atoms with Crippen molar-refractivity contribution in [1.82, 2.24) is 9.63 Å². The molecule has 1 atom stereocenters. The van der Waals surface area contributed by atoms with Gasteiger partial charge < -0.3 is 14.5 Å². The van der Waals surface area contributed by atoms with Crippen molar-refractivity contribution in [3.8, 4) is 5.75 Å². The minimum absolute atomic E-state index is 0.0600. The molecule has 22 heavy (non-hydrogen) atoms. The third-order valence-electron chi connectivity index (χ3n) is 3.70. The fourth-order valence-corrected chi connectivity index (χ4v) is 2.37. The van der Waals surface area contributed by atoms with Gasteiger partial charge in [-0.25, -0.2) is 0 Å². The Hall–Kier alpha value is -1.85. The highest BCUT2D eigenvalue weighted by molar-refractivity contribution is 5.85. The van der Waals surface area contributed by atoms with Crippen LogP contribution >= 0.6 is 0 Å². The predicted molar refractivity (Wildman–Crippen MR) is 87.3 cm³/mol. The van der Waals surface area contributed by atoms with E-state index in [1.54, 1.807) is 17.7 Å². The second kappa shape index (κ2) is 6.10. The van der Waals surface area contributed by atoms with E-state index in [0.29, 0.717) is 12.2 Å². The average Bonchev–Trinajstić information content (AvgIpc) is 2.47. The van der Waals surface area contributed by atoms with Gasteiger partial charge in [0.05, 0.1) is 5.52 Å². The number of hydrogen-bond acceptors (Lipinski definition) is 4. The fourth-order valence-electron chi connectivity index (χ4n) is 2.37. The number of rotatable bonds is 4. The number of aryl methyl sites for hydroxylation is 1. The number of pyridine rings is 1. The molecule has 0 aliphatic rings. The minimum Gasteiger partial charge on any atom is -0.472 e. The zero-order valence-corrected chi connectivity index (χ0v) is 13.8. The molecule has 0 fully saturated rings. The van der Waals surface area contributed by atoms with E-state index in [1.807, 2.05) is 45.9 Å². The molecule has 2 aromatic rings. The Kier molecular flexibility index (Phi) is 4.58. The van der Waals surface area contributed by atoms with Crippen molar-refractivity contribution >= 4 is 10.9 Å². The van der Waals surface area contributed by atoms with Gasteiger partial charge in [0.25, 0.3) is 5.56 Å². The number of fused-ring (bicyclic) bond motifs is 1. The summed E-state index contributed by atoms with van der Waals surface area (Å²) in [6.45, 7) is 7.73. The second-order valence-corrected chi connectivity index (χ2v) is 6.42. The lowest BCUT2D eigenvalue weighted by molar-refractivity contribution is -0.235. The summed E-state index contributed by atoms with van der Waals surface area (Å²) in [6, 6.07) is 8.87. The maximum absolute atomic E-state index is 11.7. The molecule has 1 heterocycles. The molecule has 0 radical (unpaired) electrons. The summed E-state index contributed by atoms with van der Waals surface area (Å²) in [6.07, 6.45) is 0.179. The van der Waals surface area contributed by atoms with Crippen LogP contribution in [-0.2, 0) is 7.05 Å². The number of hydrogen-bond donors (Lipinski definition) is 1. The standard InChI is InChI=1S/C17H24N2O3/c1-6-16(19(21)17(2,3)4)22-14-9-7-8-13-12(14)10-11-15(20)18(13)5/h7-11,16,21H,6H2,1-5H3. The first-order valence-corrected chi connectivity index (χ1v) is 7.49. The van der Waals surface area contributed by atoms with Gasteiger partial charge in [0.1, 0.15) is 5.75 Å². The molecule has 1 N–H and O–H groups in total. The highest BCUT2D eigenvalue weighted by Crippen LogP contribution is 2.27. The van der Waals surface area contributed by atoms with Crippen LogP contribution in [0.5, 0.6) is 5.75 Å². The van der Waals surface area contributed by atoms with E-state index in [-0.39, 0.29) is 5.56 Å². The Bertz CT molecular complexity index is 716. The number of nitrogens with zero attached hydrogens (tertiary/aromatic N) is 2. The summed E-state index contributed by atoms with van der Waals surface area (Å²) in [5.74, 6) is 0.656. The maximum Gasteiger partial charge on any atom is 0.250 e. The van der Waals surface area contributed by atoms with Gasteiger partial charge in [0.2, 0.25) is 0 Å².